The van der Waals surface area contributed by atoms with Gasteiger partial charge in [-0.05, 0) is 12.2 Å². The van der Waals surface area contributed by atoms with E-state index in [1.54, 1.807) is 17.5 Å². The second kappa shape index (κ2) is 6.97. The van der Waals surface area contributed by atoms with E-state index in [0.29, 0.717) is 0 Å². The highest BCUT2D eigenvalue weighted by Gasteiger charge is 2.40. The fraction of sp³-hybridized carbons (Fsp3) is 0.667. The van der Waals surface area contributed by atoms with E-state index >= 15 is 0 Å². The van der Waals surface area contributed by atoms with Crippen molar-refractivity contribution in [3.05, 3.63) is 24.3 Å². The summed E-state index contributed by atoms with van der Waals surface area (Å²) in [5.41, 5.74) is 0. The van der Waals surface area contributed by atoms with Gasteiger partial charge in [-0.3, -0.25) is 0 Å². The molecule has 8 atom stereocenters. The molecule has 0 aromatic carbocycles. The third-order valence-corrected chi connectivity index (χ3v) is 3.69. The first-order valence-corrected chi connectivity index (χ1v) is 6.22. The average Bonchev–Trinajstić information content (AvgIpc) is 2.39. The number of aliphatic hydroxyl groups excluding tert-OH is 6. The van der Waals surface area contributed by atoms with E-state index in [4.69, 9.17) is 0 Å². The van der Waals surface area contributed by atoms with Crippen molar-refractivity contribution in [1.82, 2.24) is 0 Å². The number of quaternary nitrogens is 1. The van der Waals surface area contributed by atoms with Crippen LogP contribution in [0, 0.1) is 0 Å². The Hall–Kier alpha value is -0.510. The Labute approximate surface area is 122 Å². The Morgan fingerprint density at radius 3 is 1.25 bits per heavy atom. The summed E-state index contributed by atoms with van der Waals surface area (Å²) in [6.45, 7) is 0. The van der Waals surface area contributed by atoms with Crippen LogP contribution in [0.15, 0.2) is 24.3 Å². The molecule has 0 aromatic rings. The molecule has 20 heavy (non-hydrogen) atoms. The van der Waals surface area contributed by atoms with E-state index in [1.807, 2.05) is 0 Å². The molecule has 0 aromatic heterocycles. The molecule has 0 bridgehead atoms. The van der Waals surface area contributed by atoms with Crippen LogP contribution in [0.1, 0.15) is 0 Å². The molecular weight excluding hydrogens is 290 g/mol. The lowest BCUT2D eigenvalue weighted by Gasteiger charge is -2.34. The summed E-state index contributed by atoms with van der Waals surface area (Å²) >= 11 is 0. The molecule has 0 amide bonds. The fourth-order valence-corrected chi connectivity index (χ4v) is 2.41. The molecule has 0 aliphatic heterocycles. The second-order valence-electron chi connectivity index (χ2n) is 5.06. The summed E-state index contributed by atoms with van der Waals surface area (Å²) < 4.78 is 0. The molecule has 0 heterocycles. The number of aliphatic hydroxyl groups is 6. The van der Waals surface area contributed by atoms with Gasteiger partial charge in [0.2, 0.25) is 0 Å². The molecule has 0 spiro atoms. The maximum Gasteiger partial charge on any atom is 0.138 e. The molecule has 8 N–H and O–H groups in total. The van der Waals surface area contributed by atoms with Crippen LogP contribution in [0.25, 0.3) is 0 Å². The Morgan fingerprint density at radius 1 is 0.550 bits per heavy atom. The summed E-state index contributed by atoms with van der Waals surface area (Å²) in [5.74, 6) is 0. The largest absolute Gasteiger partial charge is 1.00 e. The molecule has 2 aliphatic carbocycles. The van der Waals surface area contributed by atoms with Crippen LogP contribution in [0.4, 0.5) is 0 Å². The second-order valence-corrected chi connectivity index (χ2v) is 5.06. The van der Waals surface area contributed by atoms with Gasteiger partial charge in [0.25, 0.3) is 0 Å². The van der Waals surface area contributed by atoms with Crippen molar-refractivity contribution in [2.24, 2.45) is 0 Å². The third kappa shape index (κ3) is 3.38. The van der Waals surface area contributed by atoms with Crippen molar-refractivity contribution >= 4 is 0 Å². The lowest BCUT2D eigenvalue weighted by molar-refractivity contribution is -0.718. The number of rotatable bonds is 2. The zero-order chi connectivity index (χ0) is 14.2. The first-order valence-electron chi connectivity index (χ1n) is 6.22. The fourth-order valence-electron chi connectivity index (χ4n) is 2.41. The molecule has 0 radical (unpaired) electrons. The van der Waals surface area contributed by atoms with Crippen molar-refractivity contribution in [2.45, 2.75) is 48.7 Å². The summed E-state index contributed by atoms with van der Waals surface area (Å²) in [6, 6.07) is -1.10. The molecule has 116 valence electrons. The van der Waals surface area contributed by atoms with Gasteiger partial charge in [0.15, 0.2) is 0 Å². The zero-order valence-electron chi connectivity index (χ0n) is 10.6. The van der Waals surface area contributed by atoms with Crippen molar-refractivity contribution in [1.29, 1.82) is 0 Å². The van der Waals surface area contributed by atoms with E-state index < -0.39 is 48.7 Å². The number of halogens is 1. The zero-order valence-corrected chi connectivity index (χ0v) is 11.3. The van der Waals surface area contributed by atoms with Gasteiger partial charge in [-0.25, -0.2) is 0 Å². The lowest BCUT2D eigenvalue weighted by atomic mass is 9.90. The number of nitrogens with two attached hydrogens (primary N) is 1. The van der Waals surface area contributed by atoms with Crippen LogP contribution in [0.5, 0.6) is 0 Å². The van der Waals surface area contributed by atoms with Crippen LogP contribution in [-0.4, -0.2) is 79.3 Å². The van der Waals surface area contributed by atoms with Gasteiger partial charge < -0.3 is 48.4 Å². The maximum absolute atomic E-state index is 9.83. The predicted octanol–water partition coefficient (Wildman–Crippen LogP) is -7.40. The van der Waals surface area contributed by atoms with Gasteiger partial charge in [-0.2, -0.15) is 0 Å². The molecular formula is C12H20ClNO6. The van der Waals surface area contributed by atoms with Crippen LogP contribution < -0.4 is 17.7 Å². The van der Waals surface area contributed by atoms with E-state index in [1.165, 1.54) is 12.2 Å². The highest BCUT2D eigenvalue weighted by molar-refractivity contribution is 5.10. The summed E-state index contributed by atoms with van der Waals surface area (Å²) in [4.78, 5) is 0. The number of hydrogen-bond donors (Lipinski definition) is 7. The van der Waals surface area contributed by atoms with Crippen LogP contribution in [0.3, 0.4) is 0 Å². The quantitative estimate of drug-likeness (QED) is 0.253. The Morgan fingerprint density at radius 2 is 0.900 bits per heavy atom. The highest BCUT2D eigenvalue weighted by atomic mass is 35.5. The maximum atomic E-state index is 9.83. The molecule has 0 saturated heterocycles. The van der Waals surface area contributed by atoms with Crippen LogP contribution in [-0.2, 0) is 0 Å². The summed E-state index contributed by atoms with van der Waals surface area (Å²) in [6.07, 6.45) is -1.31. The Bertz CT molecular complexity index is 345. The standard InChI is InChI=1S/C12H19NO6.ClH/c14-7-3-1-5(9(16)11(7)18)13-6-2-4-8(15)12(19)10(6)17;/h1-19H;1H/t5-,6-,7+,8+,9+,10+,11+,12+;/m0./s1. The van der Waals surface area contributed by atoms with Crippen LogP contribution in [0.2, 0.25) is 0 Å². The molecule has 2 rings (SSSR count). The van der Waals surface area contributed by atoms with E-state index in [0.717, 1.165) is 0 Å². The molecule has 8 heteroatoms. The van der Waals surface area contributed by atoms with Crippen LogP contribution >= 0.6 is 0 Å². The van der Waals surface area contributed by atoms with Gasteiger partial charge in [0.1, 0.15) is 48.7 Å². The average molecular weight is 310 g/mol. The summed E-state index contributed by atoms with van der Waals surface area (Å²) in [5, 5.41) is 59.1. The molecule has 0 unspecified atom stereocenters. The molecule has 0 fully saturated rings. The topological polar surface area (TPSA) is 138 Å². The SMILES string of the molecule is O[C@H]1[C@H](O)[C@@H]([NH2+][C@H]2C=C[C@@H](O)[C@@H](O)[C@@H]2O)C=C[C@H]1O.[Cl-]. The first kappa shape index (κ1) is 17.5. The minimum atomic E-state index is -1.29. The van der Waals surface area contributed by atoms with E-state index in [2.05, 4.69) is 0 Å². The van der Waals surface area contributed by atoms with Gasteiger partial charge in [-0.15, -0.1) is 0 Å². The minimum absolute atomic E-state index is 0. The molecule has 7 nitrogen and oxygen atoms in total. The van der Waals surface area contributed by atoms with Gasteiger partial charge in [0.05, 0.1) is 0 Å². The predicted molar refractivity (Wildman–Crippen MR) is 63.8 cm³/mol. The van der Waals surface area contributed by atoms with Gasteiger partial charge in [0, 0.05) is 0 Å². The minimum Gasteiger partial charge on any atom is -1.00 e. The highest BCUT2D eigenvalue weighted by Crippen LogP contribution is 2.14. The van der Waals surface area contributed by atoms with Gasteiger partial charge in [-0.1, -0.05) is 12.2 Å². The van der Waals surface area contributed by atoms with E-state index in [9.17, 15) is 30.6 Å². The number of hydrogen-bond acceptors (Lipinski definition) is 6. The van der Waals surface area contributed by atoms with Gasteiger partial charge >= 0.3 is 0 Å². The summed E-state index contributed by atoms with van der Waals surface area (Å²) in [7, 11) is 0. The van der Waals surface area contributed by atoms with Crippen molar-refractivity contribution < 1.29 is 48.4 Å². The first-order chi connectivity index (χ1) is 8.91. The third-order valence-electron chi connectivity index (χ3n) is 3.69. The van der Waals surface area contributed by atoms with Crippen molar-refractivity contribution in [3.63, 3.8) is 0 Å². The molecule has 0 saturated carbocycles. The smallest absolute Gasteiger partial charge is 0.138 e. The normalized spacial score (nSPS) is 47.9. The lowest BCUT2D eigenvalue weighted by Crippen LogP contribution is -3.00. The van der Waals surface area contributed by atoms with Crippen molar-refractivity contribution in [2.75, 3.05) is 0 Å². The van der Waals surface area contributed by atoms with E-state index in [-0.39, 0.29) is 12.4 Å². The van der Waals surface area contributed by atoms with Crippen molar-refractivity contribution in [3.8, 4) is 0 Å². The Kier molecular flexibility index (Phi) is 6.11. The monoisotopic (exact) mass is 309 g/mol. The molecule has 2 aliphatic rings. The Balaban J connectivity index is 0.00000200.